The van der Waals surface area contributed by atoms with Crippen molar-refractivity contribution in [2.75, 3.05) is 16.9 Å². The predicted molar refractivity (Wildman–Crippen MR) is 292 cm³/mol. The number of hydrogen-bond donors (Lipinski definition) is 0. The van der Waals surface area contributed by atoms with Crippen LogP contribution in [0.15, 0.2) is 164 Å². The first-order valence-electron chi connectivity index (χ1n) is 23.6. The lowest BCUT2D eigenvalue weighted by Crippen LogP contribution is -2.24. The van der Waals surface area contributed by atoms with E-state index in [2.05, 4.69) is 208 Å². The Bertz CT molecular complexity index is 3930. The Morgan fingerprint density at radius 3 is 1.66 bits per heavy atom. The Morgan fingerprint density at radius 1 is 0.507 bits per heavy atom. The third-order valence-electron chi connectivity index (χ3n) is 14.8. The van der Waals surface area contributed by atoms with Gasteiger partial charge < -0.3 is 14.5 Å². The molecule has 0 saturated heterocycles. The van der Waals surface area contributed by atoms with Crippen LogP contribution in [0.1, 0.15) is 62.3 Å². The van der Waals surface area contributed by atoms with Gasteiger partial charge in [-0.3, -0.25) is 0 Å². The van der Waals surface area contributed by atoms with Crippen LogP contribution in [0.3, 0.4) is 0 Å². The minimum absolute atomic E-state index is 0.0339. The summed E-state index contributed by atoms with van der Waals surface area (Å²) in [7, 11) is 1.75. The Balaban J connectivity index is 1.18. The molecule has 67 heavy (non-hydrogen) atoms. The molecule has 12 aromatic rings. The second kappa shape index (κ2) is 15.0. The predicted octanol–water partition coefficient (Wildman–Crippen LogP) is 18.9. The first-order chi connectivity index (χ1) is 32.7. The van der Waals surface area contributed by atoms with Crippen LogP contribution in [0.25, 0.3) is 72.7 Å². The van der Waals surface area contributed by atoms with Crippen LogP contribution in [0.5, 0.6) is 5.75 Å². The van der Waals surface area contributed by atoms with Gasteiger partial charge in [0.1, 0.15) is 5.75 Å². The van der Waals surface area contributed by atoms with Crippen molar-refractivity contribution >= 4 is 129 Å². The summed E-state index contributed by atoms with van der Waals surface area (Å²) in [6, 6.07) is 61.9. The maximum absolute atomic E-state index is 5.74. The Kier molecular flexibility index (Phi) is 9.07. The van der Waals surface area contributed by atoms with Gasteiger partial charge in [0.2, 0.25) is 0 Å². The van der Waals surface area contributed by atoms with Crippen molar-refractivity contribution in [1.29, 1.82) is 0 Å². The maximum atomic E-state index is 5.74. The zero-order valence-electron chi connectivity index (χ0n) is 38.7. The fourth-order valence-corrected chi connectivity index (χ4v) is 13.8. The summed E-state index contributed by atoms with van der Waals surface area (Å²) in [6.45, 7) is 11.9. The summed E-state index contributed by atoms with van der Waals surface area (Å²) < 4.78 is 10.9. The first-order valence-corrected chi connectivity index (χ1v) is 25.2. The maximum Gasteiger partial charge on any atom is 0.119 e. The number of nitrogens with zero attached hydrogens (tertiary/aromatic N) is 2. The van der Waals surface area contributed by atoms with E-state index < -0.39 is 0 Å². The van der Waals surface area contributed by atoms with Gasteiger partial charge in [0.25, 0.3) is 0 Å². The van der Waals surface area contributed by atoms with Crippen LogP contribution in [0.2, 0.25) is 0 Å². The number of ether oxygens (including phenoxy) is 1. The zero-order valence-corrected chi connectivity index (χ0v) is 40.3. The van der Waals surface area contributed by atoms with E-state index in [1.54, 1.807) is 7.11 Å². The number of hydrogen-bond acceptors (Lipinski definition) is 5. The molecule has 13 rings (SSSR count). The first kappa shape index (κ1) is 40.4. The number of methoxy groups -OCH3 is 1. The average molecular weight is 903 g/mol. The highest BCUT2D eigenvalue weighted by Gasteiger charge is 2.34. The number of aryl methyl sites for hydroxylation is 2. The second-order valence-electron chi connectivity index (χ2n) is 19.5. The smallest absolute Gasteiger partial charge is 0.119 e. The molecule has 0 radical (unpaired) electrons. The van der Waals surface area contributed by atoms with Gasteiger partial charge in [-0.25, -0.2) is 0 Å². The topological polar surface area (TPSA) is 15.7 Å². The summed E-state index contributed by atoms with van der Waals surface area (Å²) >= 11 is 3.79. The lowest BCUT2D eigenvalue weighted by Gasteiger charge is -2.37. The molecule has 0 atom stereocenters. The van der Waals surface area contributed by atoms with Gasteiger partial charge in [-0.1, -0.05) is 118 Å². The summed E-state index contributed by atoms with van der Waals surface area (Å²) in [5, 5.41) is 13.3. The normalized spacial score (nSPS) is 13.7. The van der Waals surface area contributed by atoms with Crippen LogP contribution >= 0.6 is 22.7 Å². The number of anilines is 6. The molecule has 0 saturated carbocycles. The highest BCUT2D eigenvalue weighted by molar-refractivity contribution is 7.26. The molecule has 326 valence electrons. The number of fused-ring (bicyclic) bond motifs is 6. The molecule has 2 aromatic heterocycles. The van der Waals surface area contributed by atoms with Crippen molar-refractivity contribution < 1.29 is 4.74 Å². The molecule has 0 amide bonds. The lowest BCUT2D eigenvalue weighted by molar-refractivity contribution is 0.415. The van der Waals surface area contributed by atoms with Crippen molar-refractivity contribution in [3.8, 4) is 5.75 Å². The van der Waals surface area contributed by atoms with Crippen LogP contribution in [0, 0.1) is 6.92 Å². The van der Waals surface area contributed by atoms with Gasteiger partial charge in [-0.2, -0.15) is 0 Å². The van der Waals surface area contributed by atoms with E-state index in [0.717, 1.165) is 30.0 Å². The molecule has 0 aliphatic heterocycles. The van der Waals surface area contributed by atoms with Gasteiger partial charge in [0.05, 0.1) is 39.3 Å². The Morgan fingerprint density at radius 2 is 1.06 bits per heavy atom. The number of benzene rings is 10. The molecule has 0 N–H and O–H groups in total. The minimum atomic E-state index is -0.0339. The van der Waals surface area contributed by atoms with E-state index in [4.69, 9.17) is 4.74 Å². The van der Waals surface area contributed by atoms with Crippen molar-refractivity contribution in [2.24, 2.45) is 0 Å². The van der Waals surface area contributed by atoms with Crippen LogP contribution in [-0.2, 0) is 11.8 Å². The second-order valence-corrected chi connectivity index (χ2v) is 21.6. The third-order valence-corrected chi connectivity index (χ3v) is 17.2. The monoisotopic (exact) mass is 902 g/mol. The molecule has 3 nitrogen and oxygen atoms in total. The summed E-state index contributed by atoms with van der Waals surface area (Å²) in [5.41, 5.74) is 12.6. The number of thiophene rings is 2. The largest absolute Gasteiger partial charge is 0.497 e. The molecular weight excluding hydrogens is 853 g/mol. The molecule has 10 aromatic carbocycles. The van der Waals surface area contributed by atoms with Gasteiger partial charge in [0, 0.05) is 58.5 Å². The molecule has 2 heterocycles. The van der Waals surface area contributed by atoms with E-state index in [1.807, 2.05) is 22.7 Å². The van der Waals surface area contributed by atoms with Gasteiger partial charge >= 0.3 is 0 Å². The summed E-state index contributed by atoms with van der Waals surface area (Å²) in [5.74, 6) is 1.13. The minimum Gasteiger partial charge on any atom is -0.497 e. The zero-order chi connectivity index (χ0) is 45.3. The van der Waals surface area contributed by atoms with E-state index in [0.29, 0.717) is 0 Å². The van der Waals surface area contributed by atoms with Crippen molar-refractivity contribution in [3.05, 3.63) is 186 Å². The van der Waals surface area contributed by atoms with Crippen molar-refractivity contribution in [1.82, 2.24) is 0 Å². The summed E-state index contributed by atoms with van der Waals surface area (Å²) in [6.07, 6.45) is 2.08. The number of rotatable bonds is 8. The Labute approximate surface area is 399 Å². The highest BCUT2D eigenvalue weighted by Crippen LogP contribution is 2.56. The van der Waals surface area contributed by atoms with E-state index in [-0.39, 0.29) is 11.3 Å². The SMILES string of the molecule is COc1ccc(N(c2cc3c4c(cc5c(N(c6ccc(C)cc6)c6cccc7c6sc6ccccc67)cc(C(C)C)c6ccc2c4c65)C(C)(C)CC3)c2cccc3c2sc2ccccc23)cc1. The van der Waals surface area contributed by atoms with Crippen LogP contribution < -0.4 is 14.5 Å². The molecule has 0 bridgehead atoms. The van der Waals surface area contributed by atoms with Gasteiger partial charge in [0.15, 0.2) is 0 Å². The fourth-order valence-electron chi connectivity index (χ4n) is 11.4. The van der Waals surface area contributed by atoms with Gasteiger partial charge in [-0.05, 0) is 143 Å². The summed E-state index contributed by atoms with van der Waals surface area (Å²) in [4.78, 5) is 5.13. The molecule has 1 aliphatic carbocycles. The fraction of sp³-hybridized carbons (Fsp3) is 0.161. The van der Waals surface area contributed by atoms with E-state index in [1.165, 1.54) is 118 Å². The third kappa shape index (κ3) is 6.07. The lowest BCUT2D eigenvalue weighted by atomic mass is 9.70. The standard InChI is InChI=1S/C62H50N2OS2/c1-36(2)48-35-54(64(39-23-21-37(3)22-24-39)52-18-12-16-46-43-14-8-10-20-56(43)67-61(46)52)49-34-50-57-38(31-32-62(50,4)5)33-53(47-30-29-44(48)58(49)59(47)57)63(40-25-27-41(65-6)28-26-40)51-17-11-15-45-42-13-7-9-19-55(42)66-60(45)51/h7-30,33-36H,31-32H2,1-6H3. The van der Waals surface area contributed by atoms with Crippen molar-refractivity contribution in [2.45, 2.75) is 58.8 Å². The molecule has 0 unspecified atom stereocenters. The molecule has 0 fully saturated rings. The van der Waals surface area contributed by atoms with Crippen LogP contribution in [0.4, 0.5) is 34.1 Å². The molecule has 5 heteroatoms. The quantitative estimate of drug-likeness (QED) is 0.141. The van der Waals surface area contributed by atoms with Crippen LogP contribution in [-0.4, -0.2) is 7.11 Å². The Hall–Kier alpha value is -6.92. The van der Waals surface area contributed by atoms with Gasteiger partial charge in [-0.15, -0.1) is 22.7 Å². The highest BCUT2D eigenvalue weighted by atomic mass is 32.1. The van der Waals surface area contributed by atoms with Crippen molar-refractivity contribution in [3.63, 3.8) is 0 Å². The molecule has 1 aliphatic rings. The molecule has 0 spiro atoms. The average Bonchev–Trinajstić information content (AvgIpc) is 3.93. The molecular formula is C62H50N2OS2. The van der Waals surface area contributed by atoms with E-state index in [9.17, 15) is 0 Å². The van der Waals surface area contributed by atoms with E-state index >= 15 is 0 Å².